The Labute approximate surface area is 182 Å². The molecule has 0 saturated heterocycles. The van der Waals surface area contributed by atoms with Gasteiger partial charge in [-0.2, -0.15) is 0 Å². The number of fused-ring (bicyclic) bond motifs is 2. The standard InChI is InChI=1S/C23H19N5O4/c1-2-28-19-8-6-14(10-18(19)26-27-28)22(29)24-16-4-3-5-17(12-16)25-23(30)15-7-9-20-21(11-15)32-13-31-20/h3-12H,2,13H2,1H3,(H,24,29)(H,25,30). The average Bonchev–Trinajstić information content (AvgIpc) is 3.44. The van der Waals surface area contributed by atoms with Crippen LogP contribution in [0.3, 0.4) is 0 Å². The normalized spacial score (nSPS) is 12.0. The Morgan fingerprint density at radius 3 is 2.34 bits per heavy atom. The number of nitrogens with zero attached hydrogens (tertiary/aromatic N) is 3. The molecule has 1 aliphatic rings. The number of anilines is 2. The van der Waals surface area contributed by atoms with E-state index in [2.05, 4.69) is 20.9 Å². The molecular formula is C23H19N5O4. The highest BCUT2D eigenvalue weighted by molar-refractivity contribution is 6.07. The molecule has 0 unspecified atom stereocenters. The van der Waals surface area contributed by atoms with Gasteiger partial charge < -0.3 is 20.1 Å². The molecule has 9 heteroatoms. The Morgan fingerprint density at radius 2 is 1.59 bits per heavy atom. The van der Waals surface area contributed by atoms with Gasteiger partial charge in [0.2, 0.25) is 6.79 Å². The molecule has 32 heavy (non-hydrogen) atoms. The van der Waals surface area contributed by atoms with Crippen molar-refractivity contribution in [3.05, 3.63) is 71.8 Å². The molecule has 0 aliphatic carbocycles. The lowest BCUT2D eigenvalue weighted by molar-refractivity contribution is 0.101. The number of carbonyl (C=O) groups excluding carboxylic acids is 2. The molecule has 0 saturated carbocycles. The van der Waals surface area contributed by atoms with Crippen molar-refractivity contribution in [3.8, 4) is 11.5 Å². The minimum atomic E-state index is -0.295. The van der Waals surface area contributed by atoms with Crippen molar-refractivity contribution in [2.24, 2.45) is 0 Å². The fourth-order valence-electron chi connectivity index (χ4n) is 3.47. The summed E-state index contributed by atoms with van der Waals surface area (Å²) in [6, 6.07) is 17.2. The molecule has 0 fully saturated rings. The summed E-state index contributed by atoms with van der Waals surface area (Å²) in [5.41, 5.74) is 3.54. The summed E-state index contributed by atoms with van der Waals surface area (Å²) in [6.07, 6.45) is 0. The van der Waals surface area contributed by atoms with E-state index in [1.54, 1.807) is 59.3 Å². The molecule has 1 aromatic heterocycles. The summed E-state index contributed by atoms with van der Waals surface area (Å²) in [5, 5.41) is 13.8. The first-order chi connectivity index (χ1) is 15.6. The van der Waals surface area contributed by atoms with Crippen LogP contribution in [0.15, 0.2) is 60.7 Å². The smallest absolute Gasteiger partial charge is 0.255 e. The quantitative estimate of drug-likeness (QED) is 0.501. The third-order valence-electron chi connectivity index (χ3n) is 5.09. The van der Waals surface area contributed by atoms with Gasteiger partial charge in [0.05, 0.1) is 5.52 Å². The van der Waals surface area contributed by atoms with Gasteiger partial charge in [-0.3, -0.25) is 9.59 Å². The lowest BCUT2D eigenvalue weighted by Gasteiger charge is -2.09. The Bertz CT molecular complexity index is 1350. The molecule has 9 nitrogen and oxygen atoms in total. The summed E-state index contributed by atoms with van der Waals surface area (Å²) < 4.78 is 12.4. The number of benzene rings is 3. The summed E-state index contributed by atoms with van der Waals surface area (Å²) in [4.78, 5) is 25.3. The van der Waals surface area contributed by atoms with Crippen LogP contribution in [0.1, 0.15) is 27.6 Å². The second-order valence-corrected chi connectivity index (χ2v) is 7.17. The first-order valence-corrected chi connectivity index (χ1v) is 10.1. The third-order valence-corrected chi connectivity index (χ3v) is 5.09. The van der Waals surface area contributed by atoms with Crippen LogP contribution < -0.4 is 20.1 Å². The SMILES string of the molecule is CCn1nnc2cc(C(=O)Nc3cccc(NC(=O)c4ccc5c(c4)OCO5)c3)ccc21. The Hall–Kier alpha value is -4.40. The lowest BCUT2D eigenvalue weighted by atomic mass is 10.1. The van der Waals surface area contributed by atoms with Crippen LogP contribution in [0, 0.1) is 0 Å². The monoisotopic (exact) mass is 429 g/mol. The number of hydrogen-bond donors (Lipinski definition) is 2. The molecule has 160 valence electrons. The molecule has 1 aliphatic heterocycles. The highest BCUT2D eigenvalue weighted by atomic mass is 16.7. The number of aromatic nitrogens is 3. The summed E-state index contributed by atoms with van der Waals surface area (Å²) in [6.45, 7) is 2.83. The molecule has 0 atom stereocenters. The topological polar surface area (TPSA) is 107 Å². The van der Waals surface area contributed by atoms with Crippen LogP contribution in [-0.2, 0) is 6.54 Å². The van der Waals surface area contributed by atoms with Crippen LogP contribution in [0.5, 0.6) is 11.5 Å². The van der Waals surface area contributed by atoms with Gasteiger partial charge in [0.15, 0.2) is 11.5 Å². The largest absolute Gasteiger partial charge is 0.454 e. The third kappa shape index (κ3) is 3.71. The Morgan fingerprint density at radius 1 is 0.906 bits per heavy atom. The maximum atomic E-state index is 12.7. The zero-order chi connectivity index (χ0) is 22.1. The van der Waals surface area contributed by atoms with Gasteiger partial charge in [-0.25, -0.2) is 4.68 Å². The number of amides is 2. The second-order valence-electron chi connectivity index (χ2n) is 7.17. The average molecular weight is 429 g/mol. The van der Waals surface area contributed by atoms with E-state index in [9.17, 15) is 9.59 Å². The molecule has 3 aromatic carbocycles. The van der Waals surface area contributed by atoms with E-state index in [1.165, 1.54) is 0 Å². The Balaban J connectivity index is 1.29. The molecule has 2 heterocycles. The molecule has 2 N–H and O–H groups in total. The highest BCUT2D eigenvalue weighted by Gasteiger charge is 2.16. The van der Waals surface area contributed by atoms with E-state index in [-0.39, 0.29) is 18.6 Å². The van der Waals surface area contributed by atoms with Crippen molar-refractivity contribution >= 4 is 34.2 Å². The second kappa shape index (κ2) is 8.03. The van der Waals surface area contributed by atoms with Crippen molar-refractivity contribution in [1.82, 2.24) is 15.0 Å². The van der Waals surface area contributed by atoms with Crippen LogP contribution in [0.2, 0.25) is 0 Å². The van der Waals surface area contributed by atoms with E-state index < -0.39 is 0 Å². The highest BCUT2D eigenvalue weighted by Crippen LogP contribution is 2.32. The first kappa shape index (κ1) is 19.6. The van der Waals surface area contributed by atoms with Crippen LogP contribution in [0.4, 0.5) is 11.4 Å². The van der Waals surface area contributed by atoms with Gasteiger partial charge in [0.25, 0.3) is 11.8 Å². The molecule has 0 spiro atoms. The van der Waals surface area contributed by atoms with Gasteiger partial charge >= 0.3 is 0 Å². The predicted octanol–water partition coefficient (Wildman–Crippen LogP) is 3.68. The number of carbonyl (C=O) groups is 2. The Kier molecular flexibility index (Phi) is 4.91. The molecule has 2 amide bonds. The lowest BCUT2D eigenvalue weighted by Crippen LogP contribution is -2.14. The van der Waals surface area contributed by atoms with Crippen molar-refractivity contribution in [2.75, 3.05) is 17.4 Å². The van der Waals surface area contributed by atoms with Crippen molar-refractivity contribution < 1.29 is 19.1 Å². The van der Waals surface area contributed by atoms with Gasteiger partial charge in [-0.1, -0.05) is 11.3 Å². The van der Waals surface area contributed by atoms with Gasteiger partial charge in [-0.05, 0) is 61.5 Å². The van der Waals surface area contributed by atoms with Crippen molar-refractivity contribution in [1.29, 1.82) is 0 Å². The number of aryl methyl sites for hydroxylation is 1. The molecule has 0 bridgehead atoms. The van der Waals surface area contributed by atoms with Crippen LogP contribution in [0.25, 0.3) is 11.0 Å². The fourth-order valence-corrected chi connectivity index (χ4v) is 3.47. The minimum Gasteiger partial charge on any atom is -0.454 e. The van der Waals surface area contributed by atoms with Crippen molar-refractivity contribution in [2.45, 2.75) is 13.5 Å². The fraction of sp³-hybridized carbons (Fsp3) is 0.130. The number of nitrogens with one attached hydrogen (secondary N) is 2. The number of ether oxygens (including phenoxy) is 2. The molecular weight excluding hydrogens is 410 g/mol. The van der Waals surface area contributed by atoms with E-state index >= 15 is 0 Å². The zero-order valence-electron chi connectivity index (χ0n) is 17.2. The van der Waals surface area contributed by atoms with Crippen LogP contribution in [-0.4, -0.2) is 33.6 Å². The predicted molar refractivity (Wildman–Crippen MR) is 118 cm³/mol. The molecule has 5 rings (SSSR count). The summed E-state index contributed by atoms with van der Waals surface area (Å²) in [5.74, 6) is 0.574. The first-order valence-electron chi connectivity index (χ1n) is 10.1. The van der Waals surface area contributed by atoms with Gasteiger partial charge in [-0.15, -0.1) is 5.10 Å². The van der Waals surface area contributed by atoms with Gasteiger partial charge in [0, 0.05) is 29.0 Å². The molecule has 4 aromatic rings. The maximum Gasteiger partial charge on any atom is 0.255 e. The van der Waals surface area contributed by atoms with E-state index in [0.717, 1.165) is 5.52 Å². The number of hydrogen-bond acceptors (Lipinski definition) is 6. The molecule has 0 radical (unpaired) electrons. The minimum absolute atomic E-state index is 0.145. The summed E-state index contributed by atoms with van der Waals surface area (Å²) in [7, 11) is 0. The zero-order valence-corrected chi connectivity index (χ0v) is 17.2. The van der Waals surface area contributed by atoms with E-state index in [4.69, 9.17) is 9.47 Å². The van der Waals surface area contributed by atoms with E-state index in [0.29, 0.717) is 46.1 Å². The van der Waals surface area contributed by atoms with Crippen LogP contribution >= 0.6 is 0 Å². The number of rotatable bonds is 5. The van der Waals surface area contributed by atoms with E-state index in [1.807, 2.05) is 13.0 Å². The maximum absolute atomic E-state index is 12.7. The summed E-state index contributed by atoms with van der Waals surface area (Å²) >= 11 is 0. The van der Waals surface area contributed by atoms with Gasteiger partial charge in [0.1, 0.15) is 5.52 Å². The van der Waals surface area contributed by atoms with Crippen molar-refractivity contribution in [3.63, 3.8) is 0 Å².